The Morgan fingerprint density at radius 2 is 1.88 bits per heavy atom. The molecule has 1 aliphatic heterocycles. The summed E-state index contributed by atoms with van der Waals surface area (Å²) in [5.74, 6) is 1.24. The molecule has 2 N–H and O–H groups in total. The predicted octanol–water partition coefficient (Wildman–Crippen LogP) is 3.89. The molecule has 5 heteroatoms. The molecule has 1 radical (unpaired) electrons. The zero-order valence-electron chi connectivity index (χ0n) is 14.5. The van der Waals surface area contributed by atoms with E-state index in [1.54, 1.807) is 0 Å². The number of hydrogen-bond donors (Lipinski definition) is 1. The van der Waals surface area contributed by atoms with Crippen LogP contribution in [0.5, 0.6) is 0 Å². The molecule has 0 amide bonds. The molecule has 1 heterocycles. The van der Waals surface area contributed by atoms with Crippen molar-refractivity contribution in [3.63, 3.8) is 0 Å². The van der Waals surface area contributed by atoms with Crippen LogP contribution in [0.25, 0.3) is 0 Å². The molecule has 0 saturated heterocycles. The van der Waals surface area contributed by atoms with E-state index in [-0.39, 0.29) is 31.6 Å². The van der Waals surface area contributed by atoms with E-state index in [1.165, 1.54) is 31.2 Å². The largest absolute Gasteiger partial charge is 0.512 e. The summed E-state index contributed by atoms with van der Waals surface area (Å²) >= 11 is 0. The van der Waals surface area contributed by atoms with Crippen LogP contribution in [0, 0.1) is 6.07 Å². The first kappa shape index (κ1) is 20.8. The van der Waals surface area contributed by atoms with Crippen LogP contribution in [0.1, 0.15) is 25.0 Å². The van der Waals surface area contributed by atoms with Crippen molar-refractivity contribution in [2.75, 3.05) is 11.9 Å². The second-order valence-corrected chi connectivity index (χ2v) is 5.53. The number of fused-ring (bicyclic) bond motifs is 1. The molecule has 0 fully saturated rings. The van der Waals surface area contributed by atoms with Crippen molar-refractivity contribution in [2.45, 2.75) is 20.4 Å². The number of aliphatic imine (C=N–C) groups is 1. The van der Waals surface area contributed by atoms with Gasteiger partial charge in [-0.3, -0.25) is 4.79 Å². The molecular formula is C20H22IrN2O2. The van der Waals surface area contributed by atoms with Gasteiger partial charge in [-0.1, -0.05) is 18.2 Å². The number of amidine groups is 1. The van der Waals surface area contributed by atoms with E-state index in [0.29, 0.717) is 0 Å². The quantitative estimate of drug-likeness (QED) is 0.286. The third-order valence-corrected chi connectivity index (χ3v) is 3.44. The molecule has 4 nitrogen and oxygen atoms in total. The summed E-state index contributed by atoms with van der Waals surface area (Å²) in [5.41, 5.74) is 3.55. The topological polar surface area (TPSA) is 57.2 Å². The van der Waals surface area contributed by atoms with Crippen molar-refractivity contribution in [3.05, 3.63) is 77.6 Å². The third kappa shape index (κ3) is 5.96. The van der Waals surface area contributed by atoms with Crippen LogP contribution < -0.4 is 4.90 Å². The maximum atomic E-state index is 8.40. The molecule has 2 aromatic rings. The Morgan fingerprint density at radius 3 is 2.44 bits per heavy atom. The van der Waals surface area contributed by atoms with Crippen LogP contribution in [0.4, 0.5) is 5.69 Å². The van der Waals surface area contributed by atoms with Gasteiger partial charge < -0.3 is 15.0 Å². The maximum Gasteiger partial charge on any atom is 0.316 e. The number of ketones is 1. The molecule has 133 valence electrons. The molecule has 0 unspecified atom stereocenters. The molecule has 1 aliphatic rings. The number of aliphatic hydroxyl groups excluding tert-OH is 1. The Kier molecular flexibility index (Phi) is 8.26. The number of anilines is 1. The van der Waals surface area contributed by atoms with Gasteiger partial charge >= 0.3 is 5.78 Å². The fourth-order valence-corrected chi connectivity index (χ4v) is 2.45. The minimum Gasteiger partial charge on any atom is -0.512 e. The fraction of sp³-hybridized carbons (Fsp3) is 0.200. The van der Waals surface area contributed by atoms with E-state index >= 15 is 0 Å². The zero-order chi connectivity index (χ0) is 17.5. The van der Waals surface area contributed by atoms with E-state index in [4.69, 9.17) is 9.90 Å². The van der Waals surface area contributed by atoms with Crippen LogP contribution in [0.15, 0.2) is 65.4 Å². The molecular weight excluding hydrogens is 492 g/mol. The molecule has 25 heavy (non-hydrogen) atoms. The van der Waals surface area contributed by atoms with Crippen molar-refractivity contribution >= 4 is 17.3 Å². The van der Waals surface area contributed by atoms with E-state index in [1.807, 2.05) is 24.3 Å². The fourth-order valence-electron chi connectivity index (χ4n) is 2.45. The number of benzene rings is 2. The number of aliphatic hydroxyl groups is 1. The van der Waals surface area contributed by atoms with Crippen molar-refractivity contribution in [3.8, 4) is 0 Å². The van der Waals surface area contributed by atoms with Crippen molar-refractivity contribution in [1.29, 1.82) is 0 Å². The summed E-state index contributed by atoms with van der Waals surface area (Å²) in [6.45, 7) is 3.75. The molecule has 0 atom stereocenters. The Hall–Kier alpha value is -2.23. The average molecular weight is 515 g/mol. The van der Waals surface area contributed by atoms with Gasteiger partial charge in [0.25, 0.3) is 0 Å². The van der Waals surface area contributed by atoms with Gasteiger partial charge in [0.05, 0.1) is 31.1 Å². The molecule has 0 aromatic heterocycles. The van der Waals surface area contributed by atoms with E-state index in [9.17, 15) is 0 Å². The monoisotopic (exact) mass is 515 g/mol. The van der Waals surface area contributed by atoms with E-state index < -0.39 is 0 Å². The number of nitrogens with zero attached hydrogens (tertiary/aromatic N) is 2. The van der Waals surface area contributed by atoms with Crippen molar-refractivity contribution in [2.24, 2.45) is 4.99 Å². The van der Waals surface area contributed by atoms with Crippen LogP contribution in [0.3, 0.4) is 0 Å². The van der Waals surface area contributed by atoms with Gasteiger partial charge in [-0.15, -0.1) is 35.9 Å². The minimum atomic E-state index is 0. The minimum absolute atomic E-state index is 0. The standard InChI is InChI=1S/C15H13N2.C5H8O2.Ir/c1-17-14-10-6-5-9-13(14)11-16-15(17)12-7-3-2-4-8-12;1-4(6)3-5(2)7;/h2-7,9-10H,11H2,1H3;3,6H,1-2H3;/q-1;;/p+1/b;4-3-;. The molecule has 2 aromatic carbocycles. The normalized spacial score (nSPS) is 12.8. The van der Waals surface area contributed by atoms with Crippen LogP contribution >= 0.6 is 0 Å². The number of hydrogen-bond acceptors (Lipinski definition) is 3. The van der Waals surface area contributed by atoms with Gasteiger partial charge in [-0.05, 0) is 18.6 Å². The van der Waals surface area contributed by atoms with Crippen LogP contribution in [-0.4, -0.2) is 28.6 Å². The first-order valence-electron chi connectivity index (χ1n) is 7.72. The second kappa shape index (κ2) is 9.92. The number of allylic oxidation sites excluding steroid dienone is 2. The summed E-state index contributed by atoms with van der Waals surface area (Å²) in [7, 11) is 2.05. The first-order valence-corrected chi connectivity index (χ1v) is 7.72. The Labute approximate surface area is 162 Å². The molecule has 0 aliphatic carbocycles. The number of rotatable bonds is 2. The summed E-state index contributed by atoms with van der Waals surface area (Å²) < 4.78 is 0. The summed E-state index contributed by atoms with van der Waals surface area (Å²) in [4.78, 5) is 15.2. The smallest absolute Gasteiger partial charge is 0.316 e. The molecule has 0 saturated carbocycles. The van der Waals surface area contributed by atoms with E-state index in [2.05, 4.69) is 47.3 Å². The molecule has 0 spiro atoms. The molecule has 3 rings (SSSR count). The predicted molar refractivity (Wildman–Crippen MR) is 99.4 cm³/mol. The van der Waals surface area contributed by atoms with Crippen molar-refractivity contribution < 1.29 is 30.0 Å². The van der Waals surface area contributed by atoms with Gasteiger partial charge in [0, 0.05) is 32.8 Å². The average Bonchev–Trinajstić information content (AvgIpc) is 2.55. The SMILES string of the molecule is CC(=[OH+])/C=C(/C)O.CN1C(c2[c-]cccc2)=NCc2ccccc21.[Ir]. The van der Waals surface area contributed by atoms with Crippen molar-refractivity contribution in [1.82, 2.24) is 0 Å². The second-order valence-electron chi connectivity index (χ2n) is 5.53. The van der Waals surface area contributed by atoms with Gasteiger partial charge in [0.15, 0.2) is 0 Å². The van der Waals surface area contributed by atoms with Gasteiger partial charge in [-0.2, -0.15) is 0 Å². The summed E-state index contributed by atoms with van der Waals surface area (Å²) in [6.07, 6.45) is 1.28. The Bertz CT molecular complexity index is 766. The zero-order valence-corrected chi connectivity index (χ0v) is 16.9. The maximum absolute atomic E-state index is 8.40. The third-order valence-electron chi connectivity index (χ3n) is 3.44. The summed E-state index contributed by atoms with van der Waals surface area (Å²) in [6, 6.07) is 19.6. The first-order chi connectivity index (χ1) is 11.5. The van der Waals surface area contributed by atoms with Crippen LogP contribution in [0.2, 0.25) is 0 Å². The van der Waals surface area contributed by atoms with Gasteiger partial charge in [0.1, 0.15) is 0 Å². The molecule has 0 bridgehead atoms. The number of para-hydroxylation sites is 1. The van der Waals surface area contributed by atoms with E-state index in [0.717, 1.165) is 17.9 Å². The van der Waals surface area contributed by atoms with Crippen LogP contribution in [-0.2, 0) is 26.7 Å². The Morgan fingerprint density at radius 1 is 1.20 bits per heavy atom. The Balaban J connectivity index is 0.000000339. The van der Waals surface area contributed by atoms with Gasteiger partial charge in [-0.25, -0.2) is 0 Å². The van der Waals surface area contributed by atoms with Gasteiger partial charge in [0.2, 0.25) is 0 Å². The summed E-state index contributed by atoms with van der Waals surface area (Å²) in [5, 5.41) is 8.40. The number of carbonyl (C=O) groups excluding carboxylic acids is 1.